The number of hydrogen-bond acceptors (Lipinski definition) is 4. The van der Waals surface area contributed by atoms with E-state index in [2.05, 4.69) is 40.0 Å². The molecule has 4 rings (SSSR count). The summed E-state index contributed by atoms with van der Waals surface area (Å²) in [6.45, 7) is 8.18. The van der Waals surface area contributed by atoms with Gasteiger partial charge < -0.3 is 9.80 Å². The molecule has 1 saturated heterocycles. The number of nitrogens with one attached hydrogen (secondary N) is 2. The summed E-state index contributed by atoms with van der Waals surface area (Å²) in [6, 6.07) is 5.61. The lowest BCUT2D eigenvalue weighted by Gasteiger charge is -2.36. The number of hydrogen-bond donors (Lipinski definition) is 2. The van der Waals surface area contributed by atoms with Gasteiger partial charge in [0.25, 0.3) is 0 Å². The van der Waals surface area contributed by atoms with Crippen LogP contribution in [0.25, 0.3) is 0 Å². The fourth-order valence-corrected chi connectivity index (χ4v) is 5.45. The van der Waals surface area contributed by atoms with Crippen molar-refractivity contribution in [3.8, 4) is 0 Å². The highest BCUT2D eigenvalue weighted by atomic mass is 32.1. The van der Waals surface area contributed by atoms with Gasteiger partial charge in [-0.2, -0.15) is 0 Å². The van der Waals surface area contributed by atoms with Crippen LogP contribution in [0.2, 0.25) is 0 Å². The number of thiophene rings is 1. The number of aromatic nitrogens is 4. The highest BCUT2D eigenvalue weighted by Gasteiger charge is 2.36. The first-order valence-electron chi connectivity index (χ1n) is 9.82. The summed E-state index contributed by atoms with van der Waals surface area (Å²) < 4.78 is 2.02. The monoisotopic (exact) mass is 362 g/mol. The number of tetrazole rings is 1. The Morgan fingerprint density at radius 2 is 2.04 bits per heavy atom. The molecule has 25 heavy (non-hydrogen) atoms. The highest BCUT2D eigenvalue weighted by molar-refractivity contribution is 7.09. The van der Waals surface area contributed by atoms with Crippen LogP contribution in [-0.2, 0) is 6.54 Å². The minimum atomic E-state index is 0.417. The molecule has 2 fully saturated rings. The van der Waals surface area contributed by atoms with Crippen molar-refractivity contribution in [1.29, 1.82) is 0 Å². The van der Waals surface area contributed by atoms with Crippen LogP contribution < -0.4 is 9.80 Å². The summed E-state index contributed by atoms with van der Waals surface area (Å²) in [5.74, 6) is 1.07. The van der Waals surface area contributed by atoms with Gasteiger partial charge in [0.15, 0.2) is 0 Å². The van der Waals surface area contributed by atoms with Crippen molar-refractivity contribution in [1.82, 2.24) is 20.2 Å². The molecular weight excluding hydrogens is 332 g/mol. The summed E-state index contributed by atoms with van der Waals surface area (Å²) in [6.07, 6.45) is 6.88. The van der Waals surface area contributed by atoms with Gasteiger partial charge in [0, 0.05) is 11.3 Å². The quantitative estimate of drug-likeness (QED) is 0.758. The number of piperazine rings is 1. The summed E-state index contributed by atoms with van der Waals surface area (Å²) >= 11 is 1.77. The van der Waals surface area contributed by atoms with Crippen molar-refractivity contribution < 1.29 is 9.80 Å². The molecule has 0 aromatic carbocycles. The molecule has 0 spiro atoms. The van der Waals surface area contributed by atoms with Crippen LogP contribution in [0.1, 0.15) is 55.8 Å². The molecule has 2 aromatic rings. The third kappa shape index (κ3) is 3.78. The molecule has 3 heterocycles. The van der Waals surface area contributed by atoms with Crippen LogP contribution in [0, 0.1) is 0 Å². The lowest BCUT2D eigenvalue weighted by molar-refractivity contribution is -1.04. The minimum Gasteiger partial charge on any atom is -0.323 e. The van der Waals surface area contributed by atoms with Gasteiger partial charge >= 0.3 is 0 Å². The van der Waals surface area contributed by atoms with Gasteiger partial charge in [-0.1, -0.05) is 13.0 Å². The average Bonchev–Trinajstić information content (AvgIpc) is 3.40. The molecule has 2 aromatic heterocycles. The third-order valence-corrected chi connectivity index (χ3v) is 6.99. The van der Waals surface area contributed by atoms with E-state index in [4.69, 9.17) is 0 Å². The van der Waals surface area contributed by atoms with Gasteiger partial charge in [-0.3, -0.25) is 0 Å². The standard InChI is InChI=1S/C18H28N6S/c1-2-17(18-19-20-21-24(18)14-16-8-5-13-25-16)23-11-9-22(10-12-23)15-6-3-4-7-15/h5,8,13,15,17H,2-4,6-7,9-12,14H2,1H3/p+2/t17-/m0/s1. The Morgan fingerprint density at radius 3 is 2.72 bits per heavy atom. The molecule has 1 saturated carbocycles. The van der Waals surface area contributed by atoms with Crippen molar-refractivity contribution in [2.24, 2.45) is 0 Å². The molecule has 0 radical (unpaired) electrons. The molecule has 2 aliphatic rings. The Morgan fingerprint density at radius 1 is 1.24 bits per heavy atom. The zero-order chi connectivity index (χ0) is 17.1. The molecule has 136 valence electrons. The second kappa shape index (κ2) is 7.93. The van der Waals surface area contributed by atoms with Gasteiger partial charge in [-0.15, -0.1) is 16.4 Å². The maximum Gasteiger partial charge on any atom is 0.209 e. The first-order valence-corrected chi connectivity index (χ1v) is 10.7. The smallest absolute Gasteiger partial charge is 0.209 e. The number of rotatable bonds is 6. The molecular formula is C18H30N6S+2. The van der Waals surface area contributed by atoms with Crippen LogP contribution in [0.3, 0.4) is 0 Å². The first kappa shape index (κ1) is 17.1. The van der Waals surface area contributed by atoms with E-state index in [-0.39, 0.29) is 0 Å². The fourth-order valence-electron chi connectivity index (χ4n) is 4.76. The second-order valence-electron chi connectivity index (χ2n) is 7.53. The summed E-state index contributed by atoms with van der Waals surface area (Å²) in [5, 5.41) is 14.8. The predicted molar refractivity (Wildman–Crippen MR) is 97.9 cm³/mol. The molecule has 0 unspecified atom stereocenters. The van der Waals surface area contributed by atoms with E-state index in [0.717, 1.165) is 24.8 Å². The minimum absolute atomic E-state index is 0.417. The van der Waals surface area contributed by atoms with E-state index in [9.17, 15) is 0 Å². The predicted octanol–water partition coefficient (Wildman–Crippen LogP) is -0.0400. The van der Waals surface area contributed by atoms with E-state index >= 15 is 0 Å². The van der Waals surface area contributed by atoms with E-state index in [1.165, 1.54) is 56.7 Å². The Kier molecular flexibility index (Phi) is 5.43. The lowest BCUT2D eigenvalue weighted by atomic mass is 10.1. The van der Waals surface area contributed by atoms with Crippen LogP contribution in [0.15, 0.2) is 17.5 Å². The average molecular weight is 363 g/mol. The van der Waals surface area contributed by atoms with E-state index in [1.807, 2.05) is 9.58 Å². The fraction of sp³-hybridized carbons (Fsp3) is 0.722. The van der Waals surface area contributed by atoms with Crippen molar-refractivity contribution in [2.45, 2.75) is 57.7 Å². The molecule has 7 heteroatoms. The topological polar surface area (TPSA) is 52.5 Å². The first-order chi connectivity index (χ1) is 12.3. The molecule has 1 aliphatic heterocycles. The maximum absolute atomic E-state index is 4.42. The van der Waals surface area contributed by atoms with Gasteiger partial charge in [0.2, 0.25) is 5.82 Å². The van der Waals surface area contributed by atoms with Gasteiger partial charge in [-0.05, 0) is 47.6 Å². The zero-order valence-electron chi connectivity index (χ0n) is 15.2. The van der Waals surface area contributed by atoms with Gasteiger partial charge in [0.05, 0.1) is 12.6 Å². The number of quaternary nitrogens is 2. The SMILES string of the molecule is CC[C@@H](c1nnnn1Cc1cccs1)[NH+]1CC[NH+](C2CCCC2)CC1. The summed E-state index contributed by atoms with van der Waals surface area (Å²) in [4.78, 5) is 4.84. The van der Waals surface area contributed by atoms with E-state index in [1.54, 1.807) is 16.2 Å². The Bertz CT molecular complexity index is 640. The van der Waals surface area contributed by atoms with E-state index < -0.39 is 0 Å². The molecule has 0 bridgehead atoms. The molecule has 1 aliphatic carbocycles. The molecule has 2 N–H and O–H groups in total. The largest absolute Gasteiger partial charge is 0.323 e. The van der Waals surface area contributed by atoms with Crippen molar-refractivity contribution >= 4 is 11.3 Å². The third-order valence-electron chi connectivity index (χ3n) is 6.13. The maximum atomic E-state index is 4.42. The second-order valence-corrected chi connectivity index (χ2v) is 8.57. The Balaban J connectivity index is 1.42. The van der Waals surface area contributed by atoms with Crippen LogP contribution >= 0.6 is 11.3 Å². The zero-order valence-corrected chi connectivity index (χ0v) is 16.0. The molecule has 1 atom stereocenters. The normalized spacial score (nSPS) is 26.1. The molecule has 6 nitrogen and oxygen atoms in total. The summed E-state index contributed by atoms with van der Waals surface area (Å²) in [5.41, 5.74) is 0. The highest BCUT2D eigenvalue weighted by Crippen LogP contribution is 2.16. The van der Waals surface area contributed by atoms with Crippen LogP contribution in [0.4, 0.5) is 0 Å². The lowest BCUT2D eigenvalue weighted by Crippen LogP contribution is -3.29. The van der Waals surface area contributed by atoms with Crippen molar-refractivity contribution in [2.75, 3.05) is 26.2 Å². The van der Waals surface area contributed by atoms with Gasteiger partial charge in [-0.25, -0.2) is 4.68 Å². The van der Waals surface area contributed by atoms with Gasteiger partial charge in [0.1, 0.15) is 32.2 Å². The van der Waals surface area contributed by atoms with Crippen molar-refractivity contribution in [3.05, 3.63) is 28.2 Å². The van der Waals surface area contributed by atoms with Crippen LogP contribution in [-0.4, -0.2) is 52.4 Å². The Labute approximate surface area is 153 Å². The summed E-state index contributed by atoms with van der Waals surface area (Å²) in [7, 11) is 0. The van der Waals surface area contributed by atoms with Crippen LogP contribution in [0.5, 0.6) is 0 Å². The van der Waals surface area contributed by atoms with E-state index in [0.29, 0.717) is 6.04 Å². The Hall–Kier alpha value is -1.31. The number of nitrogens with zero attached hydrogens (tertiary/aromatic N) is 4. The molecule has 0 amide bonds. The van der Waals surface area contributed by atoms with Crippen molar-refractivity contribution in [3.63, 3.8) is 0 Å².